The van der Waals surface area contributed by atoms with Crippen molar-refractivity contribution in [1.29, 1.82) is 0 Å². The van der Waals surface area contributed by atoms with Gasteiger partial charge in [0.25, 0.3) is 5.91 Å². The van der Waals surface area contributed by atoms with Crippen molar-refractivity contribution in [3.63, 3.8) is 0 Å². The maximum Gasteiger partial charge on any atom is 0.256 e. The Kier molecular flexibility index (Phi) is 4.04. The minimum absolute atomic E-state index is 0.0114. The van der Waals surface area contributed by atoms with Gasteiger partial charge in [0.05, 0.1) is 23.0 Å². The Labute approximate surface area is 130 Å². The molecule has 0 saturated carbocycles. The van der Waals surface area contributed by atoms with Crippen molar-refractivity contribution in [2.45, 2.75) is 25.8 Å². The fourth-order valence-corrected chi connectivity index (χ4v) is 2.80. The fraction of sp³-hybridized carbons (Fsp3) is 0.353. The van der Waals surface area contributed by atoms with Gasteiger partial charge in [-0.1, -0.05) is 12.1 Å². The van der Waals surface area contributed by atoms with E-state index in [-0.39, 0.29) is 11.9 Å². The van der Waals surface area contributed by atoms with Crippen molar-refractivity contribution in [2.75, 3.05) is 18.9 Å². The molecule has 0 radical (unpaired) electrons. The first-order valence-electron chi connectivity index (χ1n) is 7.57. The average molecular weight is 296 g/mol. The van der Waals surface area contributed by atoms with Crippen LogP contribution in [-0.4, -0.2) is 34.4 Å². The number of benzene rings is 1. The Bertz CT molecular complexity index is 672. The highest BCUT2D eigenvalue weighted by atomic mass is 16.2. The Balaban J connectivity index is 1.88. The molecule has 0 fully saturated rings. The van der Waals surface area contributed by atoms with Crippen LogP contribution < -0.4 is 5.32 Å². The summed E-state index contributed by atoms with van der Waals surface area (Å²) >= 11 is 0. The van der Waals surface area contributed by atoms with E-state index in [1.807, 2.05) is 32.2 Å². The summed E-state index contributed by atoms with van der Waals surface area (Å²) in [6.07, 6.45) is 5.34. The molecule has 22 heavy (non-hydrogen) atoms. The molecule has 1 aliphatic heterocycles. The molecule has 1 amide bonds. The van der Waals surface area contributed by atoms with Gasteiger partial charge in [0.1, 0.15) is 6.33 Å². The van der Waals surface area contributed by atoms with Gasteiger partial charge in [-0.05, 0) is 37.5 Å². The lowest BCUT2D eigenvalue weighted by Crippen LogP contribution is -2.31. The van der Waals surface area contributed by atoms with Crippen molar-refractivity contribution in [1.82, 2.24) is 14.9 Å². The number of nitrogens with one attached hydrogen (secondary N) is 1. The molecule has 0 spiro atoms. The molecular formula is C17H20N4O. The number of anilines is 1. The monoisotopic (exact) mass is 296 g/mol. The maximum atomic E-state index is 12.9. The van der Waals surface area contributed by atoms with Crippen LogP contribution >= 0.6 is 0 Å². The molecule has 3 rings (SSSR count). The van der Waals surface area contributed by atoms with E-state index in [1.54, 1.807) is 11.1 Å². The van der Waals surface area contributed by atoms with E-state index >= 15 is 0 Å². The van der Waals surface area contributed by atoms with Crippen LogP contribution in [-0.2, 0) is 6.42 Å². The predicted octanol–water partition coefficient (Wildman–Crippen LogP) is 2.67. The number of carbonyl (C=O) groups excluding carboxylic acids is 1. The van der Waals surface area contributed by atoms with Gasteiger partial charge in [0.2, 0.25) is 0 Å². The summed E-state index contributed by atoms with van der Waals surface area (Å²) in [5.74, 6) is 0.0114. The van der Waals surface area contributed by atoms with Gasteiger partial charge >= 0.3 is 0 Å². The molecule has 0 bridgehead atoms. The zero-order chi connectivity index (χ0) is 15.5. The van der Waals surface area contributed by atoms with Crippen molar-refractivity contribution in [3.05, 3.63) is 53.6 Å². The zero-order valence-electron chi connectivity index (χ0n) is 12.9. The first-order valence-corrected chi connectivity index (χ1v) is 7.57. The lowest BCUT2D eigenvalue weighted by molar-refractivity contribution is 0.0740. The second kappa shape index (κ2) is 6.13. The minimum atomic E-state index is -0.102. The number of aromatic nitrogens is 2. The van der Waals surface area contributed by atoms with E-state index in [0.717, 1.165) is 36.3 Å². The van der Waals surface area contributed by atoms with Crippen LogP contribution in [0.5, 0.6) is 0 Å². The van der Waals surface area contributed by atoms with Crippen LogP contribution in [0.4, 0.5) is 5.69 Å². The van der Waals surface area contributed by atoms with Crippen molar-refractivity contribution in [3.8, 4) is 0 Å². The number of fused-ring (bicyclic) bond motifs is 1. The topological polar surface area (TPSA) is 58.1 Å². The number of para-hydroxylation sites is 1. The highest BCUT2D eigenvalue weighted by Gasteiger charge is 2.24. The third-order valence-corrected chi connectivity index (χ3v) is 4.24. The van der Waals surface area contributed by atoms with Crippen LogP contribution in [0.3, 0.4) is 0 Å². The van der Waals surface area contributed by atoms with Gasteiger partial charge in [-0.25, -0.2) is 9.97 Å². The largest absolute Gasteiger partial charge is 0.384 e. The molecule has 5 heteroatoms. The van der Waals surface area contributed by atoms with Crippen LogP contribution in [0.1, 0.15) is 41.0 Å². The molecule has 1 aromatic heterocycles. The number of rotatable bonds is 3. The molecular weight excluding hydrogens is 276 g/mol. The first-order chi connectivity index (χ1) is 10.7. The SMILES string of the molecule is CC(c1ccncn1)N(C)C(=O)c1cccc2c1NCCC2. The third-order valence-electron chi connectivity index (χ3n) is 4.24. The van der Waals surface area contributed by atoms with E-state index in [4.69, 9.17) is 0 Å². The maximum absolute atomic E-state index is 12.9. The molecule has 1 atom stereocenters. The lowest BCUT2D eigenvalue weighted by atomic mass is 9.98. The molecule has 0 aliphatic carbocycles. The van der Waals surface area contributed by atoms with Crippen LogP contribution in [0.15, 0.2) is 36.8 Å². The van der Waals surface area contributed by atoms with Gasteiger partial charge in [-0.15, -0.1) is 0 Å². The van der Waals surface area contributed by atoms with E-state index < -0.39 is 0 Å². The first kappa shape index (κ1) is 14.5. The Hall–Kier alpha value is -2.43. The number of nitrogens with zero attached hydrogens (tertiary/aromatic N) is 3. The summed E-state index contributed by atoms with van der Waals surface area (Å²) in [6, 6.07) is 7.68. The second-order valence-electron chi connectivity index (χ2n) is 5.60. The molecule has 1 N–H and O–H groups in total. The standard InChI is InChI=1S/C17H20N4O/c1-12(15-8-10-18-11-20-15)21(2)17(22)14-7-3-5-13-6-4-9-19-16(13)14/h3,5,7-8,10-12,19H,4,6,9H2,1-2H3. The number of hydrogen-bond acceptors (Lipinski definition) is 4. The fourth-order valence-electron chi connectivity index (χ4n) is 2.80. The predicted molar refractivity (Wildman–Crippen MR) is 85.8 cm³/mol. The molecule has 2 heterocycles. The van der Waals surface area contributed by atoms with Crippen LogP contribution in [0, 0.1) is 0 Å². The van der Waals surface area contributed by atoms with Crippen molar-refractivity contribution >= 4 is 11.6 Å². The second-order valence-corrected chi connectivity index (χ2v) is 5.60. The van der Waals surface area contributed by atoms with Gasteiger partial charge in [0.15, 0.2) is 0 Å². The summed E-state index contributed by atoms with van der Waals surface area (Å²) in [4.78, 5) is 22.8. The van der Waals surface area contributed by atoms with Crippen molar-refractivity contribution < 1.29 is 4.79 Å². The summed E-state index contributed by atoms with van der Waals surface area (Å²) in [7, 11) is 1.82. The summed E-state index contributed by atoms with van der Waals surface area (Å²) in [5.41, 5.74) is 3.78. The van der Waals surface area contributed by atoms with Crippen molar-refractivity contribution in [2.24, 2.45) is 0 Å². The summed E-state index contributed by atoms with van der Waals surface area (Å²) < 4.78 is 0. The molecule has 1 aliphatic rings. The minimum Gasteiger partial charge on any atom is -0.384 e. The van der Waals surface area contributed by atoms with Gasteiger partial charge in [-0.3, -0.25) is 4.79 Å². The molecule has 5 nitrogen and oxygen atoms in total. The molecule has 2 aromatic rings. The molecule has 0 saturated heterocycles. The average Bonchev–Trinajstić information content (AvgIpc) is 2.60. The highest BCUT2D eigenvalue weighted by Crippen LogP contribution is 2.28. The summed E-state index contributed by atoms with van der Waals surface area (Å²) in [5, 5.41) is 3.37. The highest BCUT2D eigenvalue weighted by molar-refractivity contribution is 6.00. The van der Waals surface area contributed by atoms with Crippen LogP contribution in [0.25, 0.3) is 0 Å². The van der Waals surface area contributed by atoms with E-state index in [2.05, 4.69) is 21.4 Å². The summed E-state index contributed by atoms with van der Waals surface area (Å²) in [6.45, 7) is 2.89. The Morgan fingerprint density at radius 3 is 3.00 bits per heavy atom. The number of hydrogen-bond donors (Lipinski definition) is 1. The quantitative estimate of drug-likeness (QED) is 0.946. The Morgan fingerprint density at radius 2 is 2.23 bits per heavy atom. The van der Waals surface area contributed by atoms with E-state index in [9.17, 15) is 4.79 Å². The Morgan fingerprint density at radius 1 is 1.36 bits per heavy atom. The smallest absolute Gasteiger partial charge is 0.256 e. The third kappa shape index (κ3) is 2.66. The molecule has 1 aromatic carbocycles. The molecule has 1 unspecified atom stereocenters. The van der Waals surface area contributed by atoms with Gasteiger partial charge < -0.3 is 10.2 Å². The lowest BCUT2D eigenvalue weighted by Gasteiger charge is -2.27. The van der Waals surface area contributed by atoms with E-state index in [0.29, 0.717) is 0 Å². The van der Waals surface area contributed by atoms with Gasteiger partial charge in [-0.2, -0.15) is 0 Å². The number of carbonyl (C=O) groups is 1. The zero-order valence-corrected chi connectivity index (χ0v) is 12.9. The molecule has 114 valence electrons. The number of aryl methyl sites for hydroxylation is 1. The van der Waals surface area contributed by atoms with Crippen LogP contribution in [0.2, 0.25) is 0 Å². The normalized spacial score (nSPS) is 14.6. The van der Waals surface area contributed by atoms with E-state index in [1.165, 1.54) is 11.9 Å². The van der Waals surface area contributed by atoms with Gasteiger partial charge in [0, 0.05) is 19.8 Å². The number of amides is 1.